The molecule has 1 aromatic rings. The van der Waals surface area contributed by atoms with E-state index in [1.807, 2.05) is 0 Å². The Morgan fingerprint density at radius 1 is 1.64 bits per heavy atom. The van der Waals surface area contributed by atoms with Crippen LogP contribution in [0.5, 0.6) is 0 Å². The molecule has 1 heterocycles. The van der Waals surface area contributed by atoms with E-state index in [0.29, 0.717) is 16.6 Å². The number of pyridine rings is 1. The summed E-state index contributed by atoms with van der Waals surface area (Å²) in [6, 6.07) is 1.68. The van der Waals surface area contributed by atoms with Crippen LogP contribution in [0.2, 0.25) is 0 Å². The van der Waals surface area contributed by atoms with Crippen LogP contribution in [-0.4, -0.2) is 17.6 Å². The minimum absolute atomic E-state index is 0.00933. The van der Waals surface area contributed by atoms with Crippen LogP contribution < -0.4 is 5.56 Å². The zero-order valence-corrected chi connectivity index (χ0v) is 9.26. The van der Waals surface area contributed by atoms with Gasteiger partial charge in [-0.2, -0.15) is 0 Å². The maximum Gasteiger partial charge on any atom is 0.310 e. The summed E-state index contributed by atoms with van der Waals surface area (Å²) in [5, 5.41) is 0. The van der Waals surface area contributed by atoms with Crippen molar-refractivity contribution in [2.75, 3.05) is 6.61 Å². The summed E-state index contributed by atoms with van der Waals surface area (Å²) < 4.78 is 5.36. The first-order valence-electron chi connectivity index (χ1n) is 4.16. The van der Waals surface area contributed by atoms with Crippen LogP contribution >= 0.6 is 15.9 Å². The third-order valence-electron chi connectivity index (χ3n) is 1.63. The van der Waals surface area contributed by atoms with Gasteiger partial charge in [-0.3, -0.25) is 9.59 Å². The summed E-state index contributed by atoms with van der Waals surface area (Å²) in [5.41, 5.74) is 0.123. The van der Waals surface area contributed by atoms with E-state index in [2.05, 4.69) is 20.9 Å². The van der Waals surface area contributed by atoms with E-state index in [0.717, 1.165) is 0 Å². The molecule has 0 radical (unpaired) electrons. The van der Waals surface area contributed by atoms with Crippen molar-refractivity contribution in [2.24, 2.45) is 0 Å². The van der Waals surface area contributed by atoms with Gasteiger partial charge < -0.3 is 9.72 Å². The van der Waals surface area contributed by atoms with Gasteiger partial charge in [0, 0.05) is 16.2 Å². The molecule has 0 aromatic carbocycles. The lowest BCUT2D eigenvalue weighted by molar-refractivity contribution is -0.142. The molecule has 1 rings (SSSR count). The largest absolute Gasteiger partial charge is 0.466 e. The Morgan fingerprint density at radius 3 is 2.93 bits per heavy atom. The molecule has 0 fully saturated rings. The molecule has 0 aliphatic heterocycles. The van der Waals surface area contributed by atoms with Gasteiger partial charge in [0.15, 0.2) is 0 Å². The van der Waals surface area contributed by atoms with E-state index < -0.39 is 5.97 Å². The minimum atomic E-state index is -0.398. The number of esters is 1. The van der Waals surface area contributed by atoms with Gasteiger partial charge in [-0.25, -0.2) is 0 Å². The Bertz CT molecular complexity index is 386. The number of hydrogen-bond acceptors (Lipinski definition) is 3. The van der Waals surface area contributed by atoms with Crippen molar-refractivity contribution in [1.82, 2.24) is 4.98 Å². The van der Waals surface area contributed by atoms with Crippen molar-refractivity contribution in [3.63, 3.8) is 0 Å². The molecular weight excluding hydrogens is 250 g/mol. The lowest BCUT2D eigenvalue weighted by Gasteiger charge is -2.02. The molecule has 1 aromatic heterocycles. The van der Waals surface area contributed by atoms with Crippen molar-refractivity contribution >= 4 is 21.9 Å². The maximum atomic E-state index is 11.3. The molecule has 0 unspecified atom stereocenters. The molecule has 76 valence electrons. The fourth-order valence-electron chi connectivity index (χ4n) is 1.01. The SMILES string of the molecule is CCOC(=O)Cc1c(Br)cc[nH]c1=O. The number of carbonyl (C=O) groups excluding carboxylic acids is 1. The summed E-state index contributed by atoms with van der Waals surface area (Å²) in [7, 11) is 0. The maximum absolute atomic E-state index is 11.3. The molecule has 1 N–H and O–H groups in total. The van der Waals surface area contributed by atoms with Crippen LogP contribution in [0.4, 0.5) is 0 Å². The molecule has 0 bridgehead atoms. The third-order valence-corrected chi connectivity index (χ3v) is 2.38. The molecule has 0 atom stereocenters. The first kappa shape index (κ1) is 11.0. The predicted molar refractivity (Wildman–Crippen MR) is 55.1 cm³/mol. The molecule has 0 aliphatic rings. The van der Waals surface area contributed by atoms with Gasteiger partial charge in [-0.1, -0.05) is 15.9 Å². The monoisotopic (exact) mass is 259 g/mol. The molecular formula is C9H10BrNO3. The van der Waals surface area contributed by atoms with Crippen LogP contribution in [0, 0.1) is 0 Å². The lowest BCUT2D eigenvalue weighted by Crippen LogP contribution is -2.18. The normalized spacial score (nSPS) is 9.86. The van der Waals surface area contributed by atoms with Crippen LogP contribution in [0.3, 0.4) is 0 Å². The molecule has 14 heavy (non-hydrogen) atoms. The first-order valence-corrected chi connectivity index (χ1v) is 4.96. The average Bonchev–Trinajstić information content (AvgIpc) is 2.12. The van der Waals surface area contributed by atoms with Crippen molar-refractivity contribution in [3.8, 4) is 0 Å². The number of H-pyrrole nitrogens is 1. The smallest absolute Gasteiger partial charge is 0.310 e. The zero-order valence-electron chi connectivity index (χ0n) is 7.67. The van der Waals surface area contributed by atoms with E-state index in [9.17, 15) is 9.59 Å². The molecule has 0 saturated heterocycles. The third kappa shape index (κ3) is 2.70. The number of hydrogen-bond donors (Lipinski definition) is 1. The number of ether oxygens (including phenoxy) is 1. The summed E-state index contributed by atoms with van der Waals surface area (Å²) in [6.07, 6.45) is 1.51. The van der Waals surface area contributed by atoms with E-state index in [4.69, 9.17) is 4.74 Å². The number of aromatic amines is 1. The fourth-order valence-corrected chi connectivity index (χ4v) is 1.46. The van der Waals surface area contributed by atoms with Crippen LogP contribution in [0.1, 0.15) is 12.5 Å². The first-order chi connectivity index (χ1) is 6.65. The highest BCUT2D eigenvalue weighted by atomic mass is 79.9. The lowest BCUT2D eigenvalue weighted by atomic mass is 10.2. The van der Waals surface area contributed by atoms with Crippen LogP contribution in [-0.2, 0) is 16.0 Å². The second-order valence-electron chi connectivity index (χ2n) is 2.62. The Balaban J connectivity index is 2.86. The predicted octanol–water partition coefficient (Wildman–Crippen LogP) is 1.24. The second-order valence-corrected chi connectivity index (χ2v) is 3.47. The fraction of sp³-hybridized carbons (Fsp3) is 0.333. The van der Waals surface area contributed by atoms with Gasteiger partial charge in [0.2, 0.25) is 0 Å². The van der Waals surface area contributed by atoms with Crippen molar-refractivity contribution < 1.29 is 9.53 Å². The Morgan fingerprint density at radius 2 is 2.36 bits per heavy atom. The zero-order chi connectivity index (χ0) is 10.6. The molecule has 5 heteroatoms. The molecule has 4 nitrogen and oxygen atoms in total. The standard InChI is InChI=1S/C9H10BrNO3/c1-2-14-8(12)5-6-7(10)3-4-11-9(6)13/h3-4H,2,5H2,1H3,(H,11,13). The van der Waals surface area contributed by atoms with Crippen LogP contribution in [0.15, 0.2) is 21.5 Å². The molecule has 0 amide bonds. The minimum Gasteiger partial charge on any atom is -0.466 e. The highest BCUT2D eigenvalue weighted by molar-refractivity contribution is 9.10. The number of aromatic nitrogens is 1. The van der Waals surface area contributed by atoms with Gasteiger partial charge in [-0.05, 0) is 13.0 Å². The van der Waals surface area contributed by atoms with E-state index in [-0.39, 0.29) is 12.0 Å². The van der Waals surface area contributed by atoms with Crippen molar-refractivity contribution in [2.45, 2.75) is 13.3 Å². The van der Waals surface area contributed by atoms with E-state index in [1.165, 1.54) is 6.20 Å². The quantitative estimate of drug-likeness (QED) is 0.832. The molecule has 0 spiro atoms. The average molecular weight is 260 g/mol. The Hall–Kier alpha value is -1.10. The van der Waals surface area contributed by atoms with Crippen molar-refractivity contribution in [3.05, 3.63) is 32.7 Å². The summed E-state index contributed by atoms with van der Waals surface area (Å²) in [4.78, 5) is 24.9. The summed E-state index contributed by atoms with van der Waals surface area (Å²) in [6.45, 7) is 2.05. The highest BCUT2D eigenvalue weighted by Crippen LogP contribution is 2.11. The summed E-state index contributed by atoms with van der Waals surface area (Å²) in [5.74, 6) is -0.398. The number of carbonyl (C=O) groups is 1. The van der Waals surface area contributed by atoms with E-state index in [1.54, 1.807) is 13.0 Å². The van der Waals surface area contributed by atoms with Gasteiger partial charge >= 0.3 is 5.97 Å². The second kappa shape index (κ2) is 4.95. The van der Waals surface area contributed by atoms with Crippen LogP contribution in [0.25, 0.3) is 0 Å². The van der Waals surface area contributed by atoms with Gasteiger partial charge in [0.05, 0.1) is 13.0 Å². The number of nitrogens with one attached hydrogen (secondary N) is 1. The van der Waals surface area contributed by atoms with Gasteiger partial charge in [0.25, 0.3) is 5.56 Å². The number of halogens is 1. The molecule has 0 saturated carbocycles. The van der Waals surface area contributed by atoms with Crippen molar-refractivity contribution in [1.29, 1.82) is 0 Å². The molecule has 0 aliphatic carbocycles. The van der Waals surface area contributed by atoms with E-state index >= 15 is 0 Å². The van der Waals surface area contributed by atoms with Gasteiger partial charge in [-0.15, -0.1) is 0 Å². The highest BCUT2D eigenvalue weighted by Gasteiger charge is 2.10. The Kier molecular flexibility index (Phi) is 3.88. The topological polar surface area (TPSA) is 59.2 Å². The summed E-state index contributed by atoms with van der Waals surface area (Å²) >= 11 is 3.20. The Labute approximate surface area is 89.4 Å². The number of rotatable bonds is 3. The van der Waals surface area contributed by atoms with Gasteiger partial charge in [0.1, 0.15) is 0 Å².